The summed E-state index contributed by atoms with van der Waals surface area (Å²) in [6.07, 6.45) is 5.52. The molecule has 2 N–H and O–H groups in total. The van der Waals surface area contributed by atoms with Crippen LogP contribution in [0.5, 0.6) is 0 Å². The Bertz CT molecular complexity index is 770. The monoisotopic (exact) mass is 324 g/mol. The lowest BCUT2D eigenvalue weighted by molar-refractivity contribution is 1.04. The molecule has 0 amide bonds. The van der Waals surface area contributed by atoms with Crippen LogP contribution in [0.1, 0.15) is 12.5 Å². The first-order valence-electron chi connectivity index (χ1n) is 7.17. The largest absolute Gasteiger partial charge is 0.331 e. The number of allylic oxidation sites excluding steroid dienone is 1. The average molecular weight is 324 g/mol. The summed E-state index contributed by atoms with van der Waals surface area (Å²) in [5.74, 6) is 1.26. The van der Waals surface area contributed by atoms with Crippen LogP contribution in [0.2, 0.25) is 0 Å². The van der Waals surface area contributed by atoms with Gasteiger partial charge in [-0.3, -0.25) is 5.43 Å². The van der Waals surface area contributed by atoms with Crippen LogP contribution >= 0.6 is 12.2 Å². The second kappa shape index (κ2) is 6.62. The second-order valence-electron chi connectivity index (χ2n) is 5.16. The Morgan fingerprint density at radius 3 is 2.78 bits per heavy atom. The van der Waals surface area contributed by atoms with Gasteiger partial charge in [0.15, 0.2) is 16.8 Å². The number of nitrogens with one attached hydrogen (secondary N) is 2. The number of thiocarbonyl (C=S) groups is 1. The minimum Gasteiger partial charge on any atom is -0.331 e. The predicted molar refractivity (Wildman–Crippen MR) is 99.9 cm³/mol. The molecule has 1 unspecified atom stereocenters. The molecule has 0 saturated heterocycles. The minimum absolute atomic E-state index is 0.0993. The van der Waals surface area contributed by atoms with E-state index in [-0.39, 0.29) is 6.04 Å². The fourth-order valence-corrected chi connectivity index (χ4v) is 2.22. The van der Waals surface area contributed by atoms with Crippen molar-refractivity contribution < 1.29 is 0 Å². The number of hydrazone groups is 1. The molecule has 2 aliphatic heterocycles. The number of hydrogen-bond donors (Lipinski definition) is 2. The highest BCUT2D eigenvalue weighted by Gasteiger charge is 2.22. The summed E-state index contributed by atoms with van der Waals surface area (Å²) in [5.41, 5.74) is 5.56. The molecule has 7 heteroatoms. The Labute approximate surface area is 139 Å². The SMILES string of the molecule is C/C(=N\NC(=S)Nc1ccc(C)cc1)C1=NC2C=CC=NC2=N1. The van der Waals surface area contributed by atoms with Gasteiger partial charge in [-0.05, 0) is 44.3 Å². The zero-order valence-corrected chi connectivity index (χ0v) is 13.6. The summed E-state index contributed by atoms with van der Waals surface area (Å²) in [5, 5.41) is 7.71. The molecular weight excluding hydrogens is 308 g/mol. The van der Waals surface area contributed by atoms with Gasteiger partial charge in [-0.2, -0.15) is 5.10 Å². The number of aryl methyl sites for hydroxylation is 1. The lowest BCUT2D eigenvalue weighted by atomic mass is 10.2. The molecule has 3 rings (SSSR count). The summed E-state index contributed by atoms with van der Waals surface area (Å²) in [6, 6.07) is 7.85. The topological polar surface area (TPSA) is 73.5 Å². The Balaban J connectivity index is 1.60. The van der Waals surface area contributed by atoms with Gasteiger partial charge in [0.05, 0.1) is 0 Å². The molecule has 23 heavy (non-hydrogen) atoms. The molecule has 2 aliphatic rings. The number of dihydropyridines is 1. The van der Waals surface area contributed by atoms with Gasteiger partial charge >= 0.3 is 0 Å². The molecule has 6 nitrogen and oxygen atoms in total. The van der Waals surface area contributed by atoms with Crippen molar-refractivity contribution in [1.29, 1.82) is 0 Å². The van der Waals surface area contributed by atoms with Crippen molar-refractivity contribution in [3.63, 3.8) is 0 Å². The number of fused-ring (bicyclic) bond motifs is 1. The van der Waals surface area contributed by atoms with E-state index in [2.05, 4.69) is 30.8 Å². The van der Waals surface area contributed by atoms with Crippen LogP contribution < -0.4 is 10.7 Å². The van der Waals surface area contributed by atoms with Gasteiger partial charge < -0.3 is 5.32 Å². The zero-order chi connectivity index (χ0) is 16.2. The number of benzene rings is 1. The van der Waals surface area contributed by atoms with Crippen molar-refractivity contribution in [1.82, 2.24) is 5.43 Å². The smallest absolute Gasteiger partial charge is 0.191 e. The molecule has 0 radical (unpaired) electrons. The second-order valence-corrected chi connectivity index (χ2v) is 5.57. The van der Waals surface area contributed by atoms with Gasteiger partial charge in [-0.15, -0.1) is 0 Å². The normalized spacial score (nSPS) is 19.0. The quantitative estimate of drug-likeness (QED) is 0.510. The van der Waals surface area contributed by atoms with E-state index >= 15 is 0 Å². The highest BCUT2D eigenvalue weighted by atomic mass is 32.1. The Hall–Kier alpha value is -2.67. The fraction of sp³-hybridized carbons (Fsp3) is 0.188. The molecule has 0 fully saturated rings. The number of anilines is 1. The maximum atomic E-state index is 5.22. The molecule has 0 bridgehead atoms. The molecule has 0 aromatic heterocycles. The number of aliphatic imine (C=N–C) groups is 3. The summed E-state index contributed by atoms with van der Waals surface area (Å²) < 4.78 is 0. The van der Waals surface area contributed by atoms with E-state index in [0.717, 1.165) is 5.69 Å². The Kier molecular flexibility index (Phi) is 4.38. The average Bonchev–Trinajstić information content (AvgIpc) is 2.99. The number of rotatable bonds is 3. The predicted octanol–water partition coefficient (Wildman–Crippen LogP) is 2.48. The number of amidine groups is 2. The summed E-state index contributed by atoms with van der Waals surface area (Å²) in [4.78, 5) is 13.0. The van der Waals surface area contributed by atoms with Crippen LogP contribution in [0.25, 0.3) is 0 Å². The third kappa shape index (κ3) is 3.75. The van der Waals surface area contributed by atoms with Crippen LogP contribution in [0.15, 0.2) is 56.5 Å². The van der Waals surface area contributed by atoms with Crippen molar-refractivity contribution in [2.24, 2.45) is 20.1 Å². The molecular formula is C16H16N6S. The maximum absolute atomic E-state index is 5.22. The van der Waals surface area contributed by atoms with E-state index in [9.17, 15) is 0 Å². The molecule has 1 atom stereocenters. The zero-order valence-electron chi connectivity index (χ0n) is 12.8. The standard InChI is InChI=1S/C16H16N6S/c1-10-5-7-12(8-6-10)18-16(23)22-21-11(2)14-19-13-4-3-9-17-15(13)20-14/h3-9,13H,1-2H3,(H2,18,22,23)/b21-11+. The lowest BCUT2D eigenvalue weighted by Crippen LogP contribution is -2.26. The molecule has 0 aliphatic carbocycles. The maximum Gasteiger partial charge on any atom is 0.191 e. The third-order valence-electron chi connectivity index (χ3n) is 3.29. The van der Waals surface area contributed by atoms with Crippen molar-refractivity contribution >= 4 is 46.6 Å². The van der Waals surface area contributed by atoms with Crippen molar-refractivity contribution in [2.45, 2.75) is 19.9 Å². The molecule has 2 heterocycles. The van der Waals surface area contributed by atoms with Crippen LogP contribution in [0.4, 0.5) is 5.69 Å². The van der Waals surface area contributed by atoms with Crippen LogP contribution in [-0.2, 0) is 0 Å². The molecule has 116 valence electrons. The first-order chi connectivity index (χ1) is 11.1. The van der Waals surface area contributed by atoms with Gasteiger partial charge in [0.2, 0.25) is 0 Å². The van der Waals surface area contributed by atoms with Crippen LogP contribution in [0.3, 0.4) is 0 Å². The highest BCUT2D eigenvalue weighted by Crippen LogP contribution is 2.12. The van der Waals surface area contributed by atoms with Crippen LogP contribution in [-0.4, -0.2) is 34.8 Å². The minimum atomic E-state index is -0.0993. The number of hydrogen-bond acceptors (Lipinski definition) is 5. The first kappa shape index (κ1) is 15.2. The van der Waals surface area contributed by atoms with Gasteiger partial charge in [-0.25, -0.2) is 15.0 Å². The van der Waals surface area contributed by atoms with E-state index in [1.54, 1.807) is 6.21 Å². The summed E-state index contributed by atoms with van der Waals surface area (Å²) in [7, 11) is 0. The van der Waals surface area contributed by atoms with E-state index < -0.39 is 0 Å². The first-order valence-corrected chi connectivity index (χ1v) is 7.58. The van der Waals surface area contributed by atoms with Crippen molar-refractivity contribution in [2.75, 3.05) is 5.32 Å². The Morgan fingerprint density at radius 2 is 2.04 bits per heavy atom. The molecule has 1 aromatic carbocycles. The van der Waals surface area contributed by atoms with E-state index in [0.29, 0.717) is 22.5 Å². The molecule has 0 spiro atoms. The van der Waals surface area contributed by atoms with Gasteiger partial charge in [0.25, 0.3) is 0 Å². The highest BCUT2D eigenvalue weighted by molar-refractivity contribution is 7.80. The van der Waals surface area contributed by atoms with Crippen molar-refractivity contribution in [3.05, 3.63) is 42.0 Å². The van der Waals surface area contributed by atoms with Crippen molar-refractivity contribution in [3.8, 4) is 0 Å². The molecule has 1 aromatic rings. The fourth-order valence-electron chi connectivity index (χ4n) is 2.06. The Morgan fingerprint density at radius 1 is 1.26 bits per heavy atom. The van der Waals surface area contributed by atoms with Crippen LogP contribution in [0, 0.1) is 6.92 Å². The van der Waals surface area contributed by atoms with Gasteiger partial charge in [0.1, 0.15) is 11.8 Å². The summed E-state index contributed by atoms with van der Waals surface area (Å²) in [6.45, 7) is 3.86. The summed E-state index contributed by atoms with van der Waals surface area (Å²) >= 11 is 5.22. The van der Waals surface area contributed by atoms with Gasteiger partial charge in [-0.1, -0.05) is 23.8 Å². The third-order valence-corrected chi connectivity index (χ3v) is 3.48. The molecule has 0 saturated carbocycles. The van der Waals surface area contributed by atoms with E-state index in [1.807, 2.05) is 50.3 Å². The van der Waals surface area contributed by atoms with E-state index in [1.165, 1.54) is 5.56 Å². The number of nitrogens with zero attached hydrogens (tertiary/aromatic N) is 4. The van der Waals surface area contributed by atoms with Gasteiger partial charge in [0, 0.05) is 11.9 Å². The lowest BCUT2D eigenvalue weighted by Gasteiger charge is -2.07. The van der Waals surface area contributed by atoms with E-state index in [4.69, 9.17) is 12.2 Å².